The summed E-state index contributed by atoms with van der Waals surface area (Å²) < 4.78 is 1.31. The Hall–Kier alpha value is -2.63. The maximum atomic E-state index is 13.6. The van der Waals surface area contributed by atoms with Crippen LogP contribution in [-0.2, 0) is 11.3 Å². The average molecular weight is 490 g/mol. The van der Waals surface area contributed by atoms with Gasteiger partial charge in [0, 0.05) is 17.8 Å². The van der Waals surface area contributed by atoms with Crippen molar-refractivity contribution in [3.05, 3.63) is 81.9 Å². The van der Waals surface area contributed by atoms with Crippen molar-refractivity contribution >= 4 is 27.3 Å². The van der Waals surface area contributed by atoms with E-state index in [1.807, 2.05) is 13.8 Å². The lowest BCUT2D eigenvalue weighted by atomic mass is 10.0. The monoisotopic (exact) mass is 489 g/mol. The molecule has 3 aromatic rings. The van der Waals surface area contributed by atoms with Crippen LogP contribution >= 0.6 is 11.3 Å². The van der Waals surface area contributed by atoms with E-state index in [0.29, 0.717) is 12.6 Å². The predicted octanol–water partition coefficient (Wildman–Crippen LogP) is 7.28. The maximum Gasteiger partial charge on any atom is 0.271 e. The fourth-order valence-corrected chi connectivity index (χ4v) is 6.12. The molecule has 5 heteroatoms. The average Bonchev–Trinajstić information content (AvgIpc) is 3.49. The minimum Gasteiger partial charge on any atom is -0.331 e. The third kappa shape index (κ3) is 5.31. The molecule has 0 spiro atoms. The van der Waals surface area contributed by atoms with Gasteiger partial charge < -0.3 is 4.90 Å². The molecule has 2 aliphatic heterocycles. The molecule has 4 nitrogen and oxygen atoms in total. The van der Waals surface area contributed by atoms with Crippen molar-refractivity contribution in [2.24, 2.45) is 0 Å². The van der Waals surface area contributed by atoms with Gasteiger partial charge in [-0.15, -0.1) is 11.3 Å². The second kappa shape index (κ2) is 11.4. The first-order valence-corrected chi connectivity index (χ1v) is 14.0. The van der Waals surface area contributed by atoms with Crippen LogP contribution in [0.15, 0.2) is 59.6 Å². The van der Waals surface area contributed by atoms with Crippen molar-refractivity contribution in [3.63, 3.8) is 0 Å². The van der Waals surface area contributed by atoms with Gasteiger partial charge in [0.2, 0.25) is 0 Å². The van der Waals surface area contributed by atoms with Gasteiger partial charge in [-0.05, 0) is 53.8 Å². The van der Waals surface area contributed by atoms with Gasteiger partial charge in [0.1, 0.15) is 5.70 Å². The zero-order valence-corrected chi connectivity index (χ0v) is 22.6. The number of nitrogens with zero attached hydrogens (tertiary/aromatic N) is 2. The summed E-state index contributed by atoms with van der Waals surface area (Å²) in [6.07, 6.45) is 6.83. The number of hydrogen-bond acceptors (Lipinski definition) is 4. The molecule has 1 fully saturated rings. The number of thiophene rings is 1. The number of hydrogen-bond donors (Lipinski definition) is 1. The maximum absolute atomic E-state index is 13.6. The van der Waals surface area contributed by atoms with E-state index >= 15 is 0 Å². The molecule has 186 valence electrons. The van der Waals surface area contributed by atoms with E-state index in [-0.39, 0.29) is 11.9 Å². The molecular formula is C30H39N3OS. The molecule has 1 amide bonds. The van der Waals surface area contributed by atoms with Crippen molar-refractivity contribution in [3.8, 4) is 0 Å². The second-order valence-corrected chi connectivity index (χ2v) is 10.4. The van der Waals surface area contributed by atoms with E-state index in [0.717, 1.165) is 18.7 Å². The Morgan fingerprint density at radius 3 is 2.57 bits per heavy atom. The third-order valence-electron chi connectivity index (χ3n) is 6.98. The fourth-order valence-electron chi connectivity index (χ4n) is 5.06. The Kier molecular flexibility index (Phi) is 8.30. The highest BCUT2D eigenvalue weighted by molar-refractivity contribution is 7.17. The molecule has 2 unspecified atom stereocenters. The number of fused-ring (bicyclic) bond motifs is 2. The standard InChI is InChI=1S/C28H33N3OS.C2H6/c1-4-5-6-9-23-17-30(16-22-8-7-10-24-20(3)18-33-27(22)24)28(32)26-15-25(29-31(23)26)21-13-11-19(2)12-14-21;1-2/h7-8,10-15,18,23,25,29H,4-6,9,16-17H2,1-3H3;1-2H3. The van der Waals surface area contributed by atoms with Crippen molar-refractivity contribution in [2.45, 2.75) is 78.9 Å². The number of carbonyl (C=O) groups is 1. The van der Waals surface area contributed by atoms with Crippen LogP contribution in [0.2, 0.25) is 0 Å². The molecule has 35 heavy (non-hydrogen) atoms. The highest BCUT2D eigenvalue weighted by atomic mass is 32.1. The number of piperazine rings is 1. The summed E-state index contributed by atoms with van der Waals surface area (Å²) in [6.45, 7) is 11.9. The quantitative estimate of drug-likeness (QED) is 0.354. The van der Waals surface area contributed by atoms with Crippen LogP contribution in [0, 0.1) is 13.8 Å². The van der Waals surface area contributed by atoms with Gasteiger partial charge in [0.15, 0.2) is 0 Å². The lowest BCUT2D eigenvalue weighted by Gasteiger charge is -2.41. The minimum absolute atomic E-state index is 0.0431. The summed E-state index contributed by atoms with van der Waals surface area (Å²) in [7, 11) is 0. The van der Waals surface area contributed by atoms with Gasteiger partial charge >= 0.3 is 0 Å². The van der Waals surface area contributed by atoms with Crippen LogP contribution in [-0.4, -0.2) is 28.4 Å². The lowest BCUT2D eigenvalue weighted by molar-refractivity contribution is -0.135. The van der Waals surface area contributed by atoms with Gasteiger partial charge in [-0.25, -0.2) is 5.43 Å². The second-order valence-electron chi connectivity index (χ2n) is 9.49. The first-order chi connectivity index (χ1) is 17.0. The van der Waals surface area contributed by atoms with Gasteiger partial charge in [0.25, 0.3) is 5.91 Å². The number of aryl methyl sites for hydroxylation is 2. The fraction of sp³-hybridized carbons (Fsp3) is 0.433. The van der Waals surface area contributed by atoms with E-state index in [2.05, 4.69) is 90.0 Å². The Balaban J connectivity index is 0.00000141. The van der Waals surface area contributed by atoms with Crippen LogP contribution in [0.5, 0.6) is 0 Å². The number of carbonyl (C=O) groups excluding carboxylic acids is 1. The summed E-state index contributed by atoms with van der Waals surface area (Å²) >= 11 is 1.79. The minimum atomic E-state index is 0.0431. The Labute approximate surface area is 214 Å². The van der Waals surface area contributed by atoms with Gasteiger partial charge in [-0.2, -0.15) is 0 Å². The van der Waals surface area contributed by atoms with Crippen LogP contribution in [0.1, 0.15) is 74.8 Å². The topological polar surface area (TPSA) is 35.6 Å². The molecular weight excluding hydrogens is 450 g/mol. The molecule has 1 N–H and O–H groups in total. The van der Waals surface area contributed by atoms with Crippen molar-refractivity contribution in [1.29, 1.82) is 0 Å². The first kappa shape index (κ1) is 25.5. The van der Waals surface area contributed by atoms with E-state index in [4.69, 9.17) is 0 Å². The normalized spacial score (nSPS) is 19.5. The zero-order chi connectivity index (χ0) is 24.9. The van der Waals surface area contributed by atoms with Crippen molar-refractivity contribution in [1.82, 2.24) is 15.3 Å². The number of benzene rings is 2. The van der Waals surface area contributed by atoms with E-state index in [1.54, 1.807) is 11.3 Å². The highest BCUT2D eigenvalue weighted by Gasteiger charge is 2.40. The molecule has 0 aliphatic carbocycles. The van der Waals surface area contributed by atoms with E-state index in [9.17, 15) is 4.79 Å². The van der Waals surface area contributed by atoms with Crippen molar-refractivity contribution < 1.29 is 4.79 Å². The molecule has 1 saturated heterocycles. The van der Waals surface area contributed by atoms with Crippen LogP contribution in [0.4, 0.5) is 0 Å². The molecule has 0 saturated carbocycles. The van der Waals surface area contributed by atoms with Gasteiger partial charge in [0.05, 0.1) is 12.1 Å². The third-order valence-corrected chi connectivity index (χ3v) is 8.17. The van der Waals surface area contributed by atoms with Crippen LogP contribution < -0.4 is 5.43 Å². The lowest BCUT2D eigenvalue weighted by Crippen LogP contribution is -2.56. The summed E-state index contributed by atoms with van der Waals surface area (Å²) in [6, 6.07) is 15.4. The molecule has 1 aromatic heterocycles. The molecule has 3 heterocycles. The summed E-state index contributed by atoms with van der Waals surface area (Å²) in [5.41, 5.74) is 9.47. The first-order valence-electron chi connectivity index (χ1n) is 13.1. The van der Waals surface area contributed by atoms with Crippen LogP contribution in [0.3, 0.4) is 0 Å². The number of unbranched alkanes of at least 4 members (excludes halogenated alkanes) is 2. The molecule has 2 atom stereocenters. The molecule has 2 aliphatic rings. The zero-order valence-electron chi connectivity index (χ0n) is 21.8. The molecule has 0 radical (unpaired) electrons. The number of hydrazine groups is 1. The van der Waals surface area contributed by atoms with Gasteiger partial charge in [-0.3, -0.25) is 9.80 Å². The Morgan fingerprint density at radius 1 is 1.06 bits per heavy atom. The predicted molar refractivity (Wildman–Crippen MR) is 148 cm³/mol. The molecule has 0 bridgehead atoms. The number of nitrogens with one attached hydrogen (secondary N) is 1. The SMILES string of the molecule is CC.CCCCCC1CN(Cc2cccc3c(C)csc23)C(=O)C2=CC(c3ccc(C)cc3)NN21. The molecule has 2 aromatic carbocycles. The van der Waals surface area contributed by atoms with Gasteiger partial charge in [-0.1, -0.05) is 88.1 Å². The smallest absolute Gasteiger partial charge is 0.271 e. The Bertz CT molecular complexity index is 1180. The largest absolute Gasteiger partial charge is 0.331 e. The Morgan fingerprint density at radius 2 is 1.83 bits per heavy atom. The summed E-state index contributed by atoms with van der Waals surface area (Å²) in [4.78, 5) is 15.7. The van der Waals surface area contributed by atoms with Crippen molar-refractivity contribution in [2.75, 3.05) is 6.54 Å². The van der Waals surface area contributed by atoms with E-state index in [1.165, 1.54) is 51.6 Å². The molecule has 5 rings (SSSR count). The summed E-state index contributed by atoms with van der Waals surface area (Å²) in [5, 5.41) is 5.70. The highest BCUT2D eigenvalue weighted by Crippen LogP contribution is 2.34. The summed E-state index contributed by atoms with van der Waals surface area (Å²) in [5.74, 6) is 0.133. The van der Waals surface area contributed by atoms with E-state index < -0.39 is 0 Å². The number of rotatable bonds is 7. The van der Waals surface area contributed by atoms with Crippen LogP contribution in [0.25, 0.3) is 10.1 Å². The number of amides is 1.